The lowest BCUT2D eigenvalue weighted by Crippen LogP contribution is -2.50. The second kappa shape index (κ2) is 8.44. The zero-order valence-electron chi connectivity index (χ0n) is 17.0. The first-order chi connectivity index (χ1) is 15.2. The van der Waals surface area contributed by atoms with Crippen LogP contribution in [0.4, 0.5) is 19.1 Å². The van der Waals surface area contributed by atoms with Crippen molar-refractivity contribution in [1.29, 1.82) is 0 Å². The molecule has 0 bridgehead atoms. The van der Waals surface area contributed by atoms with Crippen LogP contribution in [0.25, 0.3) is 17.0 Å². The molecule has 1 saturated heterocycles. The van der Waals surface area contributed by atoms with E-state index in [4.69, 9.17) is 4.74 Å². The molecular formula is C20H19F3N6O3. The van der Waals surface area contributed by atoms with Gasteiger partial charge in [-0.3, -0.25) is 9.59 Å². The van der Waals surface area contributed by atoms with Gasteiger partial charge in [-0.1, -0.05) is 12.1 Å². The smallest absolute Gasteiger partial charge is 0.416 e. The minimum Gasteiger partial charge on any atom is -0.456 e. The molecule has 9 nitrogen and oxygen atoms in total. The van der Waals surface area contributed by atoms with Crippen molar-refractivity contribution >= 4 is 23.6 Å². The summed E-state index contributed by atoms with van der Waals surface area (Å²) in [5, 5.41) is 4.45. The van der Waals surface area contributed by atoms with E-state index >= 15 is 0 Å². The largest absolute Gasteiger partial charge is 0.456 e. The lowest BCUT2D eigenvalue weighted by Gasteiger charge is -2.33. The van der Waals surface area contributed by atoms with Crippen LogP contribution in [0.1, 0.15) is 12.5 Å². The Hall–Kier alpha value is -3.70. The van der Waals surface area contributed by atoms with Crippen molar-refractivity contribution in [3.63, 3.8) is 0 Å². The van der Waals surface area contributed by atoms with Gasteiger partial charge in [0, 0.05) is 44.9 Å². The molecule has 3 heterocycles. The predicted molar refractivity (Wildman–Crippen MR) is 107 cm³/mol. The second-order valence-electron chi connectivity index (χ2n) is 7.18. The zero-order valence-corrected chi connectivity index (χ0v) is 17.0. The van der Waals surface area contributed by atoms with Gasteiger partial charge < -0.3 is 14.5 Å². The summed E-state index contributed by atoms with van der Waals surface area (Å²) in [6.45, 7) is 2.62. The fourth-order valence-electron chi connectivity index (χ4n) is 3.40. The fourth-order valence-corrected chi connectivity index (χ4v) is 3.40. The van der Waals surface area contributed by atoms with Crippen LogP contribution in [0.15, 0.2) is 36.5 Å². The number of carbonyl (C=O) groups is 2. The van der Waals surface area contributed by atoms with Crippen molar-refractivity contribution < 1.29 is 27.5 Å². The van der Waals surface area contributed by atoms with Gasteiger partial charge in [0.05, 0.1) is 11.3 Å². The van der Waals surface area contributed by atoms with Gasteiger partial charge in [0.2, 0.25) is 5.95 Å². The number of anilines is 1. The molecule has 2 aromatic heterocycles. The molecule has 168 valence electrons. The Morgan fingerprint density at radius 2 is 1.88 bits per heavy atom. The van der Waals surface area contributed by atoms with Crippen LogP contribution in [0.2, 0.25) is 0 Å². The van der Waals surface area contributed by atoms with Crippen molar-refractivity contribution in [3.8, 4) is 11.3 Å². The van der Waals surface area contributed by atoms with Gasteiger partial charge in [-0.15, -0.1) is 5.10 Å². The normalized spacial score (nSPS) is 14.6. The highest BCUT2D eigenvalue weighted by Gasteiger charge is 2.31. The molecule has 3 aromatic rings. The van der Waals surface area contributed by atoms with Gasteiger partial charge in [-0.05, 0) is 18.2 Å². The Bertz CT molecular complexity index is 1150. The third-order valence-corrected chi connectivity index (χ3v) is 5.03. The number of carbonyl (C=O) groups excluding carboxylic acids is 2. The minimum atomic E-state index is -4.46. The topological polar surface area (TPSA) is 92.9 Å². The summed E-state index contributed by atoms with van der Waals surface area (Å²) in [5.41, 5.74) is 0.00875. The number of aromatic nitrogens is 4. The molecule has 0 aliphatic carbocycles. The summed E-state index contributed by atoms with van der Waals surface area (Å²) in [5.74, 6) is -0.182. The highest BCUT2D eigenvalue weighted by atomic mass is 19.4. The predicted octanol–water partition coefficient (Wildman–Crippen LogP) is 2.02. The number of esters is 1. The van der Waals surface area contributed by atoms with Crippen molar-refractivity contribution in [1.82, 2.24) is 24.5 Å². The summed E-state index contributed by atoms with van der Waals surface area (Å²) in [7, 11) is 0. The van der Waals surface area contributed by atoms with Crippen LogP contribution < -0.4 is 4.90 Å². The average molecular weight is 448 g/mol. The summed E-state index contributed by atoms with van der Waals surface area (Å²) >= 11 is 0. The molecule has 0 spiro atoms. The minimum absolute atomic E-state index is 0.253. The number of rotatable bonds is 4. The molecule has 1 aromatic carbocycles. The third-order valence-electron chi connectivity index (χ3n) is 5.03. The molecule has 0 radical (unpaired) electrons. The second-order valence-corrected chi connectivity index (χ2v) is 7.18. The number of hydrogen-bond acceptors (Lipinski definition) is 7. The summed E-state index contributed by atoms with van der Waals surface area (Å²) in [4.78, 5) is 35.0. The lowest BCUT2D eigenvalue weighted by atomic mass is 10.1. The molecule has 12 heteroatoms. The number of fused-ring (bicyclic) bond motifs is 1. The maximum atomic E-state index is 13.1. The van der Waals surface area contributed by atoms with E-state index in [2.05, 4.69) is 15.1 Å². The van der Waals surface area contributed by atoms with Crippen LogP contribution in [0, 0.1) is 0 Å². The number of nitrogens with zero attached hydrogens (tertiary/aromatic N) is 6. The van der Waals surface area contributed by atoms with Crippen LogP contribution >= 0.6 is 0 Å². The molecular weight excluding hydrogens is 429 g/mol. The quantitative estimate of drug-likeness (QED) is 0.564. The highest BCUT2D eigenvalue weighted by molar-refractivity contribution is 5.80. The van der Waals surface area contributed by atoms with Crippen LogP contribution in [0.5, 0.6) is 0 Å². The summed E-state index contributed by atoms with van der Waals surface area (Å²) in [6, 6.07) is 6.56. The highest BCUT2D eigenvalue weighted by Crippen LogP contribution is 2.32. The maximum absolute atomic E-state index is 13.1. The van der Waals surface area contributed by atoms with Crippen molar-refractivity contribution in [2.45, 2.75) is 13.1 Å². The van der Waals surface area contributed by atoms with Crippen molar-refractivity contribution in [2.24, 2.45) is 0 Å². The molecule has 0 unspecified atom stereocenters. The van der Waals surface area contributed by atoms with Gasteiger partial charge in [-0.2, -0.15) is 22.7 Å². The standard InChI is InChI=1S/C20H19F3N6O3/c1-13(30)32-12-17(31)27-7-9-28(10-8-27)19-25-18-24-6-5-16(29(18)26-19)14-3-2-4-15(11-14)20(21,22)23/h2-6,11H,7-10,12H2,1H3. The lowest BCUT2D eigenvalue weighted by molar-refractivity contribution is -0.150. The number of benzene rings is 1. The van der Waals surface area contributed by atoms with Gasteiger partial charge >= 0.3 is 12.1 Å². The van der Waals surface area contributed by atoms with E-state index in [-0.39, 0.29) is 18.3 Å². The van der Waals surface area contributed by atoms with Gasteiger partial charge in [0.15, 0.2) is 6.61 Å². The number of alkyl halides is 3. The molecule has 32 heavy (non-hydrogen) atoms. The van der Waals surface area contributed by atoms with Crippen LogP contribution in [0.3, 0.4) is 0 Å². The van der Waals surface area contributed by atoms with E-state index in [1.165, 1.54) is 23.7 Å². The maximum Gasteiger partial charge on any atom is 0.416 e. The number of ether oxygens (including phenoxy) is 1. The number of hydrogen-bond donors (Lipinski definition) is 0. The summed E-state index contributed by atoms with van der Waals surface area (Å²) in [6.07, 6.45) is -2.99. The Balaban J connectivity index is 1.54. The van der Waals surface area contributed by atoms with Crippen molar-refractivity contribution in [2.75, 3.05) is 37.7 Å². The first-order valence-electron chi connectivity index (χ1n) is 9.78. The Labute approximate surface area is 180 Å². The Morgan fingerprint density at radius 3 is 2.56 bits per heavy atom. The van der Waals surface area contributed by atoms with Gasteiger partial charge in [0.25, 0.3) is 11.7 Å². The summed E-state index contributed by atoms with van der Waals surface area (Å²) < 4.78 is 45.5. The van der Waals surface area contributed by atoms with Crippen molar-refractivity contribution in [3.05, 3.63) is 42.1 Å². The number of piperazine rings is 1. The van der Waals surface area contributed by atoms with Crippen LogP contribution in [-0.4, -0.2) is 69.1 Å². The van der Waals surface area contributed by atoms with E-state index in [0.29, 0.717) is 43.4 Å². The van der Waals surface area contributed by atoms with E-state index in [0.717, 1.165) is 12.1 Å². The van der Waals surface area contributed by atoms with Gasteiger partial charge in [0.1, 0.15) is 0 Å². The molecule has 0 saturated carbocycles. The van der Waals surface area contributed by atoms with Crippen LogP contribution in [-0.2, 0) is 20.5 Å². The molecule has 0 atom stereocenters. The molecule has 0 N–H and O–H groups in total. The molecule has 4 rings (SSSR count). The molecule has 1 fully saturated rings. The third kappa shape index (κ3) is 4.48. The monoisotopic (exact) mass is 448 g/mol. The Kier molecular flexibility index (Phi) is 5.68. The van der Waals surface area contributed by atoms with Gasteiger partial charge in [-0.25, -0.2) is 4.98 Å². The van der Waals surface area contributed by atoms with E-state index in [9.17, 15) is 22.8 Å². The van der Waals surface area contributed by atoms with E-state index in [1.54, 1.807) is 17.0 Å². The number of amides is 1. The number of halogens is 3. The first kappa shape index (κ1) is 21.5. The zero-order chi connectivity index (χ0) is 22.9. The average Bonchev–Trinajstić information content (AvgIpc) is 3.21. The molecule has 1 aliphatic heterocycles. The van der Waals surface area contributed by atoms with E-state index in [1.807, 2.05) is 4.90 Å². The molecule has 1 aliphatic rings. The SMILES string of the molecule is CC(=O)OCC(=O)N1CCN(c2nc3nccc(-c4cccc(C(F)(F)F)c4)n3n2)CC1. The fraction of sp³-hybridized carbons (Fsp3) is 0.350. The first-order valence-corrected chi connectivity index (χ1v) is 9.78. The molecule has 1 amide bonds. The Morgan fingerprint density at radius 1 is 1.12 bits per heavy atom. The van der Waals surface area contributed by atoms with E-state index < -0.39 is 17.7 Å².